The Hall–Kier alpha value is -2.51. The molecule has 0 unspecified atom stereocenters. The molecule has 0 bridgehead atoms. The van der Waals surface area contributed by atoms with Crippen molar-refractivity contribution in [1.29, 1.82) is 0 Å². The summed E-state index contributed by atoms with van der Waals surface area (Å²) < 4.78 is 69.0. The van der Waals surface area contributed by atoms with Gasteiger partial charge in [0.15, 0.2) is 6.61 Å². The number of aromatic nitrogens is 2. The second-order valence-electron chi connectivity index (χ2n) is 6.91. The Morgan fingerprint density at radius 1 is 1.25 bits per heavy atom. The van der Waals surface area contributed by atoms with Crippen LogP contribution in [-0.2, 0) is 14.3 Å². The van der Waals surface area contributed by atoms with Crippen molar-refractivity contribution in [3.8, 4) is 10.9 Å². The fourth-order valence-electron chi connectivity index (χ4n) is 2.84. The van der Waals surface area contributed by atoms with E-state index in [4.69, 9.17) is 14.2 Å². The maximum Gasteiger partial charge on any atom is 0.522 e. The van der Waals surface area contributed by atoms with Gasteiger partial charge in [0.1, 0.15) is 29.3 Å². The number of alkyl halides is 3. The van der Waals surface area contributed by atoms with Gasteiger partial charge >= 0.3 is 6.36 Å². The van der Waals surface area contributed by atoms with Crippen LogP contribution in [0.1, 0.15) is 29.5 Å². The van der Waals surface area contributed by atoms with Crippen molar-refractivity contribution in [2.45, 2.75) is 38.3 Å². The number of amides is 1. The lowest BCUT2D eigenvalue weighted by Gasteiger charge is -2.28. The number of hydrogen-bond acceptors (Lipinski definition) is 8. The van der Waals surface area contributed by atoms with Gasteiger partial charge < -0.3 is 19.5 Å². The zero-order valence-corrected chi connectivity index (χ0v) is 17.8. The van der Waals surface area contributed by atoms with Gasteiger partial charge in [0, 0.05) is 6.07 Å². The Morgan fingerprint density at radius 2 is 2.06 bits per heavy atom. The van der Waals surface area contributed by atoms with Crippen LogP contribution in [0.3, 0.4) is 0 Å². The molecule has 176 valence electrons. The Labute approximate surface area is 184 Å². The number of carbonyl (C=O) groups is 1. The Kier molecular flexibility index (Phi) is 8.21. The Morgan fingerprint density at radius 3 is 2.75 bits per heavy atom. The highest BCUT2D eigenvalue weighted by Crippen LogP contribution is 2.32. The standard InChI is InChI=1S/C19H21F4N3O5S/c1-11-2-4-13(8-14(11)20)29-10-16(27)24-12-3-5-15(30-9-12)17-25-26-18(32-17)28-6-7-31-19(21,22)23/h2,4,8,12,15H,3,5-7,9-10H2,1H3,(H,24,27)/t12-,15+/m0/s1. The van der Waals surface area contributed by atoms with Gasteiger partial charge in [-0.3, -0.25) is 9.53 Å². The molecule has 1 fully saturated rings. The lowest BCUT2D eigenvalue weighted by atomic mass is 10.1. The zero-order chi connectivity index (χ0) is 23.1. The molecule has 3 rings (SSSR count). The van der Waals surface area contributed by atoms with Crippen LogP contribution in [0, 0.1) is 12.7 Å². The average Bonchev–Trinajstić information content (AvgIpc) is 3.21. The van der Waals surface area contributed by atoms with Gasteiger partial charge in [0.25, 0.3) is 11.1 Å². The third-order valence-electron chi connectivity index (χ3n) is 4.43. The highest BCUT2D eigenvalue weighted by atomic mass is 32.1. The highest BCUT2D eigenvalue weighted by Gasteiger charge is 2.29. The molecular formula is C19H21F4N3O5S. The summed E-state index contributed by atoms with van der Waals surface area (Å²) in [5.74, 6) is -0.498. The number of ether oxygens (including phenoxy) is 4. The normalized spacial score (nSPS) is 18.9. The van der Waals surface area contributed by atoms with E-state index in [-0.39, 0.29) is 48.8 Å². The van der Waals surface area contributed by atoms with Crippen LogP contribution in [0.5, 0.6) is 10.9 Å². The predicted octanol–water partition coefficient (Wildman–Crippen LogP) is 3.32. The number of halogens is 4. The van der Waals surface area contributed by atoms with Crippen molar-refractivity contribution in [2.75, 3.05) is 26.4 Å². The third-order valence-corrected chi connectivity index (χ3v) is 5.35. The van der Waals surface area contributed by atoms with E-state index in [1.807, 2.05) is 0 Å². The number of benzene rings is 1. The average molecular weight is 479 g/mol. The molecule has 0 spiro atoms. The molecule has 1 aliphatic heterocycles. The van der Waals surface area contributed by atoms with E-state index in [2.05, 4.69) is 20.3 Å². The van der Waals surface area contributed by atoms with Crippen molar-refractivity contribution in [1.82, 2.24) is 15.5 Å². The largest absolute Gasteiger partial charge is 0.522 e. The maximum atomic E-state index is 13.5. The number of hydrogen-bond donors (Lipinski definition) is 1. The summed E-state index contributed by atoms with van der Waals surface area (Å²) >= 11 is 1.08. The van der Waals surface area contributed by atoms with Gasteiger partial charge in [-0.05, 0) is 31.4 Å². The molecule has 1 aliphatic rings. The molecule has 2 heterocycles. The molecule has 13 heteroatoms. The van der Waals surface area contributed by atoms with Crippen molar-refractivity contribution in [3.05, 3.63) is 34.6 Å². The second kappa shape index (κ2) is 10.9. The first-order valence-electron chi connectivity index (χ1n) is 9.66. The number of carbonyl (C=O) groups excluding carboxylic acids is 1. The molecule has 1 amide bonds. The van der Waals surface area contributed by atoms with Crippen molar-refractivity contribution in [2.24, 2.45) is 0 Å². The minimum atomic E-state index is -4.71. The van der Waals surface area contributed by atoms with Gasteiger partial charge in [-0.1, -0.05) is 22.5 Å². The molecule has 0 saturated carbocycles. The van der Waals surface area contributed by atoms with E-state index in [1.165, 1.54) is 6.07 Å². The summed E-state index contributed by atoms with van der Waals surface area (Å²) in [6.45, 7) is 0.654. The highest BCUT2D eigenvalue weighted by molar-refractivity contribution is 7.13. The lowest BCUT2D eigenvalue weighted by molar-refractivity contribution is -0.325. The van der Waals surface area contributed by atoms with Crippen LogP contribution in [-0.4, -0.2) is 54.9 Å². The fraction of sp³-hybridized carbons (Fsp3) is 0.526. The quantitative estimate of drug-likeness (QED) is 0.436. The van der Waals surface area contributed by atoms with Gasteiger partial charge in [0.2, 0.25) is 0 Å². The predicted molar refractivity (Wildman–Crippen MR) is 104 cm³/mol. The van der Waals surface area contributed by atoms with Gasteiger partial charge in [-0.2, -0.15) is 0 Å². The Balaban J connectivity index is 1.36. The fourth-order valence-corrected chi connectivity index (χ4v) is 3.64. The maximum absolute atomic E-state index is 13.5. The topological polar surface area (TPSA) is 91.8 Å². The van der Waals surface area contributed by atoms with Gasteiger partial charge in [-0.15, -0.1) is 18.3 Å². The number of nitrogens with zero attached hydrogens (tertiary/aromatic N) is 2. The van der Waals surface area contributed by atoms with Gasteiger partial charge in [-0.25, -0.2) is 4.39 Å². The molecule has 1 N–H and O–H groups in total. The smallest absolute Gasteiger partial charge is 0.484 e. The Bertz CT molecular complexity index is 903. The molecule has 0 radical (unpaired) electrons. The van der Waals surface area contributed by atoms with Crippen LogP contribution in [0.15, 0.2) is 18.2 Å². The summed E-state index contributed by atoms with van der Waals surface area (Å²) in [4.78, 5) is 12.1. The molecular weight excluding hydrogens is 458 g/mol. The minimum Gasteiger partial charge on any atom is -0.484 e. The molecule has 1 aromatic heterocycles. The molecule has 1 saturated heterocycles. The monoisotopic (exact) mass is 479 g/mol. The van der Waals surface area contributed by atoms with Crippen molar-refractivity contribution >= 4 is 17.2 Å². The van der Waals surface area contributed by atoms with Crippen molar-refractivity contribution < 1.29 is 41.3 Å². The van der Waals surface area contributed by atoms with E-state index in [0.29, 0.717) is 23.4 Å². The summed E-state index contributed by atoms with van der Waals surface area (Å²) in [5, 5.41) is 11.2. The molecule has 32 heavy (non-hydrogen) atoms. The summed E-state index contributed by atoms with van der Waals surface area (Å²) in [5.41, 5.74) is 0.486. The molecule has 2 aromatic rings. The number of nitrogens with one attached hydrogen (secondary N) is 1. The number of aryl methyl sites for hydroxylation is 1. The summed E-state index contributed by atoms with van der Waals surface area (Å²) in [7, 11) is 0. The van der Waals surface area contributed by atoms with E-state index in [1.54, 1.807) is 19.1 Å². The van der Waals surface area contributed by atoms with Crippen LogP contribution in [0.25, 0.3) is 0 Å². The van der Waals surface area contributed by atoms with E-state index >= 15 is 0 Å². The molecule has 1 aromatic carbocycles. The van der Waals surface area contributed by atoms with E-state index in [9.17, 15) is 22.4 Å². The summed E-state index contributed by atoms with van der Waals surface area (Å²) in [6, 6.07) is 4.15. The number of rotatable bonds is 9. The first kappa shape index (κ1) is 24.1. The third kappa shape index (κ3) is 7.57. The first-order valence-corrected chi connectivity index (χ1v) is 10.5. The van der Waals surface area contributed by atoms with Gasteiger partial charge in [0.05, 0.1) is 19.3 Å². The molecule has 2 atom stereocenters. The van der Waals surface area contributed by atoms with Crippen LogP contribution < -0.4 is 14.8 Å². The van der Waals surface area contributed by atoms with Crippen LogP contribution >= 0.6 is 11.3 Å². The minimum absolute atomic E-state index is 0.120. The van der Waals surface area contributed by atoms with E-state index in [0.717, 1.165) is 11.3 Å². The van der Waals surface area contributed by atoms with Crippen molar-refractivity contribution in [3.63, 3.8) is 0 Å². The zero-order valence-electron chi connectivity index (χ0n) is 17.0. The molecule has 8 nitrogen and oxygen atoms in total. The second-order valence-corrected chi connectivity index (χ2v) is 7.88. The van der Waals surface area contributed by atoms with E-state index < -0.39 is 18.8 Å². The summed E-state index contributed by atoms with van der Waals surface area (Å²) in [6.07, 6.45) is -3.88. The SMILES string of the molecule is Cc1ccc(OCC(=O)N[C@H]2CC[C@H](c3nnc(OCCOC(F)(F)F)s3)OC2)cc1F. The van der Waals surface area contributed by atoms with Crippen LogP contribution in [0.4, 0.5) is 17.6 Å². The molecule has 0 aliphatic carbocycles. The lowest BCUT2D eigenvalue weighted by Crippen LogP contribution is -2.43. The first-order chi connectivity index (χ1) is 15.2. The van der Waals surface area contributed by atoms with Crippen LogP contribution in [0.2, 0.25) is 0 Å².